The molecule has 0 atom stereocenters. The van der Waals surface area contributed by atoms with Crippen molar-refractivity contribution in [1.82, 2.24) is 0 Å². The quantitative estimate of drug-likeness (QED) is 0.833. The number of aryl methyl sites for hydroxylation is 1. The van der Waals surface area contributed by atoms with Crippen LogP contribution in [0.4, 0.5) is 0 Å². The molecule has 100 valence electrons. The average molecular weight is 246 g/mol. The molecule has 0 bridgehead atoms. The molecule has 0 unspecified atom stereocenters. The lowest BCUT2D eigenvalue weighted by atomic mass is 9.74. The summed E-state index contributed by atoms with van der Waals surface area (Å²) in [5.41, 5.74) is 1.91. The van der Waals surface area contributed by atoms with E-state index in [2.05, 4.69) is 38.1 Å². The Labute approximate surface area is 111 Å². The summed E-state index contributed by atoms with van der Waals surface area (Å²) in [5.74, 6) is 0.838. The molecular weight excluding hydrogens is 220 g/mol. The van der Waals surface area contributed by atoms with E-state index in [1.807, 2.05) is 0 Å². The fourth-order valence-electron chi connectivity index (χ4n) is 3.19. The number of benzene rings is 1. The molecule has 1 heteroatoms. The highest BCUT2D eigenvalue weighted by Gasteiger charge is 2.34. The van der Waals surface area contributed by atoms with Crippen LogP contribution in [0.25, 0.3) is 0 Å². The predicted octanol–water partition coefficient (Wildman–Crippen LogP) is 4.43. The van der Waals surface area contributed by atoms with Gasteiger partial charge in [-0.3, -0.25) is 0 Å². The van der Waals surface area contributed by atoms with Crippen LogP contribution >= 0.6 is 0 Å². The molecule has 1 N–H and O–H groups in total. The molecule has 0 amide bonds. The normalized spacial score (nSPS) is 28.3. The van der Waals surface area contributed by atoms with Crippen molar-refractivity contribution < 1.29 is 5.11 Å². The van der Waals surface area contributed by atoms with Gasteiger partial charge in [-0.05, 0) is 49.1 Å². The highest BCUT2D eigenvalue weighted by Crippen LogP contribution is 2.40. The Morgan fingerprint density at radius 1 is 1.11 bits per heavy atom. The fraction of sp³-hybridized carbons (Fsp3) is 0.647. The zero-order chi connectivity index (χ0) is 13.0. The van der Waals surface area contributed by atoms with Gasteiger partial charge < -0.3 is 5.11 Å². The molecule has 0 heterocycles. The van der Waals surface area contributed by atoms with Crippen molar-refractivity contribution in [3.05, 3.63) is 35.4 Å². The molecule has 1 aliphatic rings. The first kappa shape index (κ1) is 13.6. The van der Waals surface area contributed by atoms with Gasteiger partial charge in [-0.1, -0.05) is 51.0 Å². The highest BCUT2D eigenvalue weighted by molar-refractivity contribution is 5.27. The van der Waals surface area contributed by atoms with Crippen LogP contribution < -0.4 is 0 Å². The van der Waals surface area contributed by atoms with Crippen molar-refractivity contribution in [1.29, 1.82) is 0 Å². The molecule has 1 aliphatic carbocycles. The second-order valence-corrected chi connectivity index (χ2v) is 5.81. The van der Waals surface area contributed by atoms with E-state index < -0.39 is 5.60 Å². The Kier molecular flexibility index (Phi) is 4.45. The third kappa shape index (κ3) is 2.95. The van der Waals surface area contributed by atoms with Gasteiger partial charge in [0.2, 0.25) is 0 Å². The summed E-state index contributed by atoms with van der Waals surface area (Å²) in [6.45, 7) is 4.42. The second-order valence-electron chi connectivity index (χ2n) is 5.81. The fourth-order valence-corrected chi connectivity index (χ4v) is 3.19. The SMILES string of the molecule is CCCC1CCC(O)(c2ccc(CC)cc2)CC1. The first-order valence-corrected chi connectivity index (χ1v) is 7.49. The van der Waals surface area contributed by atoms with Crippen molar-refractivity contribution in [3.8, 4) is 0 Å². The van der Waals surface area contributed by atoms with Gasteiger partial charge in [0.15, 0.2) is 0 Å². The molecular formula is C17H26O. The molecule has 1 fully saturated rings. The van der Waals surface area contributed by atoms with Crippen LogP contribution in [0.5, 0.6) is 0 Å². The smallest absolute Gasteiger partial charge is 0.0896 e. The summed E-state index contributed by atoms with van der Waals surface area (Å²) in [6, 6.07) is 8.56. The van der Waals surface area contributed by atoms with Crippen LogP contribution in [-0.4, -0.2) is 5.11 Å². The van der Waals surface area contributed by atoms with Gasteiger partial charge in [0.25, 0.3) is 0 Å². The van der Waals surface area contributed by atoms with Crippen molar-refractivity contribution >= 4 is 0 Å². The summed E-state index contributed by atoms with van der Waals surface area (Å²) in [7, 11) is 0. The molecule has 1 nitrogen and oxygen atoms in total. The maximum atomic E-state index is 10.8. The third-order valence-electron chi connectivity index (χ3n) is 4.53. The summed E-state index contributed by atoms with van der Waals surface area (Å²) in [5, 5.41) is 10.8. The maximum Gasteiger partial charge on any atom is 0.0896 e. The van der Waals surface area contributed by atoms with E-state index in [-0.39, 0.29) is 0 Å². The Balaban J connectivity index is 2.03. The molecule has 18 heavy (non-hydrogen) atoms. The van der Waals surface area contributed by atoms with Gasteiger partial charge in [0, 0.05) is 0 Å². The minimum atomic E-state index is -0.559. The van der Waals surface area contributed by atoms with Gasteiger partial charge in [-0.25, -0.2) is 0 Å². The van der Waals surface area contributed by atoms with E-state index >= 15 is 0 Å². The summed E-state index contributed by atoms with van der Waals surface area (Å²) < 4.78 is 0. The summed E-state index contributed by atoms with van der Waals surface area (Å²) in [4.78, 5) is 0. The van der Waals surface area contributed by atoms with Gasteiger partial charge in [0.1, 0.15) is 0 Å². The van der Waals surface area contributed by atoms with E-state index in [4.69, 9.17) is 0 Å². The standard InChI is InChI=1S/C17H26O/c1-3-5-15-10-12-17(18,13-11-15)16-8-6-14(4-2)7-9-16/h6-9,15,18H,3-5,10-13H2,1-2H3. The third-order valence-corrected chi connectivity index (χ3v) is 4.53. The zero-order valence-corrected chi connectivity index (χ0v) is 11.8. The van der Waals surface area contributed by atoms with Gasteiger partial charge >= 0.3 is 0 Å². The summed E-state index contributed by atoms with van der Waals surface area (Å²) >= 11 is 0. The summed E-state index contributed by atoms with van der Waals surface area (Å²) in [6.07, 6.45) is 7.89. The van der Waals surface area contributed by atoms with Crippen molar-refractivity contribution in [2.24, 2.45) is 5.92 Å². The van der Waals surface area contributed by atoms with Crippen LogP contribution in [0.3, 0.4) is 0 Å². The Morgan fingerprint density at radius 3 is 2.22 bits per heavy atom. The number of hydrogen-bond donors (Lipinski definition) is 1. The molecule has 0 spiro atoms. The maximum absolute atomic E-state index is 10.8. The van der Waals surface area contributed by atoms with E-state index in [0.29, 0.717) is 0 Å². The lowest BCUT2D eigenvalue weighted by Gasteiger charge is -2.36. The Hall–Kier alpha value is -0.820. The molecule has 0 radical (unpaired) electrons. The van der Waals surface area contributed by atoms with Crippen molar-refractivity contribution in [2.75, 3.05) is 0 Å². The van der Waals surface area contributed by atoms with Gasteiger partial charge in [-0.15, -0.1) is 0 Å². The van der Waals surface area contributed by atoms with Crippen LogP contribution in [0.15, 0.2) is 24.3 Å². The molecule has 2 rings (SSSR count). The lowest BCUT2D eigenvalue weighted by Crippen LogP contribution is -2.31. The Morgan fingerprint density at radius 2 is 1.72 bits per heavy atom. The van der Waals surface area contributed by atoms with Crippen LogP contribution in [0.2, 0.25) is 0 Å². The van der Waals surface area contributed by atoms with Crippen LogP contribution in [0.1, 0.15) is 63.5 Å². The van der Waals surface area contributed by atoms with Gasteiger partial charge in [-0.2, -0.15) is 0 Å². The molecule has 0 saturated heterocycles. The topological polar surface area (TPSA) is 20.2 Å². The average Bonchev–Trinajstić information content (AvgIpc) is 2.42. The van der Waals surface area contributed by atoms with Gasteiger partial charge in [0.05, 0.1) is 5.60 Å². The number of hydrogen-bond acceptors (Lipinski definition) is 1. The molecule has 0 aromatic heterocycles. The van der Waals surface area contributed by atoms with E-state index in [1.54, 1.807) is 0 Å². The van der Waals surface area contributed by atoms with Crippen LogP contribution in [0, 0.1) is 5.92 Å². The van der Waals surface area contributed by atoms with Crippen molar-refractivity contribution in [3.63, 3.8) is 0 Å². The lowest BCUT2D eigenvalue weighted by molar-refractivity contribution is -0.0152. The highest BCUT2D eigenvalue weighted by atomic mass is 16.3. The first-order valence-electron chi connectivity index (χ1n) is 7.49. The second kappa shape index (κ2) is 5.88. The monoisotopic (exact) mass is 246 g/mol. The molecule has 1 aromatic rings. The largest absolute Gasteiger partial charge is 0.385 e. The Bertz CT molecular complexity index is 358. The van der Waals surface area contributed by atoms with E-state index in [1.165, 1.54) is 31.2 Å². The van der Waals surface area contributed by atoms with E-state index in [9.17, 15) is 5.11 Å². The minimum Gasteiger partial charge on any atom is -0.385 e. The molecule has 0 aliphatic heterocycles. The number of aliphatic hydroxyl groups is 1. The van der Waals surface area contributed by atoms with E-state index in [0.717, 1.165) is 30.7 Å². The first-order chi connectivity index (χ1) is 8.68. The minimum absolute atomic E-state index is 0.559. The number of rotatable bonds is 4. The predicted molar refractivity (Wildman–Crippen MR) is 76.6 cm³/mol. The zero-order valence-electron chi connectivity index (χ0n) is 11.8. The molecule has 1 saturated carbocycles. The molecule has 1 aromatic carbocycles. The van der Waals surface area contributed by atoms with Crippen molar-refractivity contribution in [2.45, 2.75) is 64.4 Å². The van der Waals surface area contributed by atoms with Crippen LogP contribution in [-0.2, 0) is 12.0 Å².